The van der Waals surface area contributed by atoms with Crippen molar-refractivity contribution < 1.29 is 22.8 Å². The predicted octanol–water partition coefficient (Wildman–Crippen LogP) is 4.92. The maximum atomic E-state index is 13.2. The molecule has 2 amide bonds. The molecule has 0 aliphatic carbocycles. The van der Waals surface area contributed by atoms with E-state index in [1.165, 1.54) is 18.2 Å². The number of nitrogens with zero attached hydrogens (tertiary/aromatic N) is 4. The average Bonchev–Trinajstić information content (AvgIpc) is 3.35. The van der Waals surface area contributed by atoms with Crippen molar-refractivity contribution in [3.05, 3.63) is 59.7 Å². The van der Waals surface area contributed by atoms with Crippen molar-refractivity contribution in [3.63, 3.8) is 0 Å². The van der Waals surface area contributed by atoms with Crippen LogP contribution in [0.15, 0.2) is 58.6 Å². The van der Waals surface area contributed by atoms with Crippen LogP contribution in [0.3, 0.4) is 0 Å². The van der Waals surface area contributed by atoms with Crippen LogP contribution in [-0.2, 0) is 15.8 Å². The van der Waals surface area contributed by atoms with Gasteiger partial charge < -0.3 is 10.2 Å². The van der Waals surface area contributed by atoms with Gasteiger partial charge in [0.05, 0.1) is 17.3 Å². The molecule has 2 aliphatic heterocycles. The van der Waals surface area contributed by atoms with Crippen LogP contribution in [-0.4, -0.2) is 47.0 Å². The number of anilines is 2. The molecule has 0 radical (unpaired) electrons. The number of hydrazone groups is 1. The summed E-state index contributed by atoms with van der Waals surface area (Å²) in [5.41, 5.74) is 1.66. The first-order chi connectivity index (χ1) is 16.5. The normalized spacial score (nSPS) is 20.1. The van der Waals surface area contributed by atoms with Crippen molar-refractivity contribution in [1.82, 2.24) is 5.01 Å². The van der Waals surface area contributed by atoms with Gasteiger partial charge in [0.1, 0.15) is 5.25 Å². The molecule has 0 spiro atoms. The first-order valence-corrected chi connectivity index (χ1v) is 11.8. The van der Waals surface area contributed by atoms with Gasteiger partial charge in [-0.3, -0.25) is 9.59 Å². The molecular formula is C24H24F3N5O2S. The molecule has 2 atom stereocenters. The van der Waals surface area contributed by atoms with Crippen molar-refractivity contribution in [3.8, 4) is 0 Å². The minimum absolute atomic E-state index is 0.142. The topological polar surface area (TPSA) is 77.4 Å². The van der Waals surface area contributed by atoms with Crippen molar-refractivity contribution in [1.29, 1.82) is 0 Å². The number of amidine groups is 1. The number of carbonyl (C=O) groups excluding carboxylic acids is 2. The number of para-hydroxylation sites is 1. The van der Waals surface area contributed by atoms with Crippen molar-refractivity contribution in [2.24, 2.45) is 10.1 Å². The molecule has 2 heterocycles. The van der Waals surface area contributed by atoms with Gasteiger partial charge in [-0.15, -0.1) is 0 Å². The number of amides is 2. The van der Waals surface area contributed by atoms with Gasteiger partial charge in [0.15, 0.2) is 5.17 Å². The summed E-state index contributed by atoms with van der Waals surface area (Å²) in [6.07, 6.45) is -4.25. The Morgan fingerprint density at radius 1 is 1.17 bits per heavy atom. The second-order valence-corrected chi connectivity index (χ2v) is 9.69. The quantitative estimate of drug-likeness (QED) is 0.627. The number of hydrogen-bond donors (Lipinski definition) is 1. The van der Waals surface area contributed by atoms with Gasteiger partial charge in [-0.25, -0.2) is 5.01 Å². The second kappa shape index (κ2) is 9.73. The maximum Gasteiger partial charge on any atom is 0.418 e. The highest BCUT2D eigenvalue weighted by Gasteiger charge is 2.39. The highest BCUT2D eigenvalue weighted by molar-refractivity contribution is 8.15. The molecule has 0 saturated carbocycles. The van der Waals surface area contributed by atoms with Crippen LogP contribution in [0.5, 0.6) is 0 Å². The fraction of sp³-hybridized carbons (Fsp3) is 0.333. The summed E-state index contributed by atoms with van der Waals surface area (Å²) in [5, 5.41) is 8.07. The number of thioether (sulfide) groups is 1. The van der Waals surface area contributed by atoms with Gasteiger partial charge in [0, 0.05) is 38.3 Å². The lowest BCUT2D eigenvalue weighted by atomic mass is 10.0. The predicted molar refractivity (Wildman–Crippen MR) is 132 cm³/mol. The number of carbonyl (C=O) groups is 2. The Morgan fingerprint density at radius 3 is 2.51 bits per heavy atom. The molecular weight excluding hydrogens is 479 g/mol. The van der Waals surface area contributed by atoms with E-state index in [4.69, 9.17) is 0 Å². The highest BCUT2D eigenvalue weighted by atomic mass is 32.2. The number of alkyl halides is 3. The molecule has 184 valence electrons. The first kappa shape index (κ1) is 24.8. The van der Waals surface area contributed by atoms with Gasteiger partial charge in [0.2, 0.25) is 5.91 Å². The molecule has 2 unspecified atom stereocenters. The molecule has 2 aromatic rings. The lowest BCUT2D eigenvalue weighted by Crippen LogP contribution is -2.25. The molecule has 2 aliphatic rings. The Bertz CT molecular complexity index is 1190. The standard InChI is InChI=1S/C24H24F3N5O2S/c1-14-12-19(15-8-10-16(11-9-15)31(2)3)32(30-14)23-29-22(34)20(35-23)13-21(33)28-18-7-5-4-6-17(18)24(25,26)27/h4-11,19-20H,12-13H2,1-3H3,(H,28,33). The van der Waals surface area contributed by atoms with Crippen LogP contribution >= 0.6 is 11.8 Å². The fourth-order valence-corrected chi connectivity index (χ4v) is 4.97. The van der Waals surface area contributed by atoms with Crippen LogP contribution in [0, 0.1) is 0 Å². The van der Waals surface area contributed by atoms with E-state index in [0.29, 0.717) is 11.6 Å². The molecule has 4 rings (SSSR count). The summed E-state index contributed by atoms with van der Waals surface area (Å²) < 4.78 is 39.6. The molecule has 0 saturated heterocycles. The lowest BCUT2D eigenvalue weighted by molar-refractivity contribution is -0.137. The van der Waals surface area contributed by atoms with Crippen LogP contribution in [0.2, 0.25) is 0 Å². The fourth-order valence-electron chi connectivity index (χ4n) is 3.90. The second-order valence-electron chi connectivity index (χ2n) is 8.52. The van der Waals surface area contributed by atoms with Crippen LogP contribution in [0.25, 0.3) is 0 Å². The average molecular weight is 504 g/mol. The maximum absolute atomic E-state index is 13.2. The zero-order chi connectivity index (χ0) is 25.3. The smallest absolute Gasteiger partial charge is 0.378 e. The van der Waals surface area contributed by atoms with Gasteiger partial charge in [0.25, 0.3) is 5.91 Å². The Labute approximate surface area is 205 Å². The number of aliphatic imine (C=N–C) groups is 1. The van der Waals surface area contributed by atoms with Gasteiger partial charge in [-0.1, -0.05) is 36.0 Å². The Morgan fingerprint density at radius 2 is 1.86 bits per heavy atom. The number of rotatable bonds is 5. The molecule has 2 aromatic carbocycles. The van der Waals surface area contributed by atoms with E-state index in [1.54, 1.807) is 5.01 Å². The Kier molecular flexibility index (Phi) is 6.88. The van der Waals surface area contributed by atoms with E-state index < -0.39 is 28.8 Å². The Balaban J connectivity index is 1.44. The Hall–Kier alpha value is -3.34. The van der Waals surface area contributed by atoms with Crippen LogP contribution < -0.4 is 10.2 Å². The molecule has 0 bridgehead atoms. The van der Waals surface area contributed by atoms with E-state index in [-0.39, 0.29) is 18.2 Å². The third-order valence-electron chi connectivity index (χ3n) is 5.66. The number of hydrogen-bond acceptors (Lipinski definition) is 6. The molecule has 0 fully saturated rings. The zero-order valence-corrected chi connectivity index (χ0v) is 20.2. The third-order valence-corrected chi connectivity index (χ3v) is 6.80. The van der Waals surface area contributed by atoms with E-state index in [2.05, 4.69) is 15.4 Å². The number of nitrogens with one attached hydrogen (secondary N) is 1. The summed E-state index contributed by atoms with van der Waals surface area (Å²) in [5.74, 6) is -1.20. The summed E-state index contributed by atoms with van der Waals surface area (Å²) in [4.78, 5) is 31.2. The van der Waals surface area contributed by atoms with Crippen molar-refractivity contribution in [2.75, 3.05) is 24.3 Å². The van der Waals surface area contributed by atoms with Gasteiger partial charge in [-0.05, 0) is 36.8 Å². The molecule has 7 nitrogen and oxygen atoms in total. The number of halogens is 3. The zero-order valence-electron chi connectivity index (χ0n) is 19.3. The lowest BCUT2D eigenvalue weighted by Gasteiger charge is -2.24. The summed E-state index contributed by atoms with van der Waals surface area (Å²) in [6, 6.07) is 12.6. The molecule has 11 heteroatoms. The summed E-state index contributed by atoms with van der Waals surface area (Å²) in [6.45, 7) is 1.90. The first-order valence-electron chi connectivity index (χ1n) is 10.9. The van der Waals surface area contributed by atoms with Crippen molar-refractivity contribution in [2.45, 2.75) is 37.2 Å². The van der Waals surface area contributed by atoms with E-state index in [1.807, 2.05) is 50.2 Å². The van der Waals surface area contributed by atoms with Gasteiger partial charge >= 0.3 is 6.18 Å². The van der Waals surface area contributed by atoms with Crippen molar-refractivity contribution >= 4 is 45.8 Å². The molecule has 1 N–H and O–H groups in total. The van der Waals surface area contributed by atoms with Crippen LogP contribution in [0.1, 0.15) is 36.9 Å². The highest BCUT2D eigenvalue weighted by Crippen LogP contribution is 2.38. The minimum Gasteiger partial charge on any atom is -0.378 e. The van der Waals surface area contributed by atoms with E-state index >= 15 is 0 Å². The summed E-state index contributed by atoms with van der Waals surface area (Å²) >= 11 is 1.10. The third kappa shape index (κ3) is 5.50. The monoisotopic (exact) mass is 503 g/mol. The van der Waals surface area contributed by atoms with Gasteiger partial charge in [-0.2, -0.15) is 23.3 Å². The molecule has 0 aromatic heterocycles. The largest absolute Gasteiger partial charge is 0.418 e. The molecule has 35 heavy (non-hydrogen) atoms. The SMILES string of the molecule is CC1=NN(C2=NC(=O)C(CC(=O)Nc3ccccc3C(F)(F)F)S2)C(c2ccc(N(C)C)cc2)C1. The van der Waals surface area contributed by atoms with E-state index in [0.717, 1.165) is 34.8 Å². The van der Waals surface area contributed by atoms with Crippen LogP contribution in [0.4, 0.5) is 24.5 Å². The summed E-state index contributed by atoms with van der Waals surface area (Å²) in [7, 11) is 3.91. The minimum atomic E-state index is -4.61. The van der Waals surface area contributed by atoms with E-state index in [9.17, 15) is 22.8 Å². The number of benzene rings is 2.